The van der Waals surface area contributed by atoms with Gasteiger partial charge in [0.1, 0.15) is 12.0 Å². The molecule has 27 heavy (non-hydrogen) atoms. The summed E-state index contributed by atoms with van der Waals surface area (Å²) < 4.78 is 30.4. The fraction of sp³-hybridized carbons (Fsp3) is 0.278. The lowest BCUT2D eigenvalue weighted by Gasteiger charge is -2.11. The molecule has 0 aliphatic carbocycles. The third kappa shape index (κ3) is 3.16. The van der Waals surface area contributed by atoms with E-state index in [1.807, 2.05) is 6.92 Å². The van der Waals surface area contributed by atoms with Crippen LogP contribution in [0.4, 0.5) is 8.78 Å². The lowest BCUT2D eigenvalue weighted by molar-refractivity contribution is 0.465. The standard InChI is InChI=1S/C18H17F2N7/c1-2-4-12-14(23-11-27-17(12)24-15(9-19)25-27)10-26-8-7-22-18(26)16-13(20)5-3-6-21-16/h3,5-8,11H,2,4,9-10H2,1H3. The fourth-order valence-corrected chi connectivity index (χ4v) is 3.05. The lowest BCUT2D eigenvalue weighted by Crippen LogP contribution is -2.10. The van der Waals surface area contributed by atoms with Gasteiger partial charge in [0.25, 0.3) is 0 Å². The van der Waals surface area contributed by atoms with Crippen LogP contribution in [0.5, 0.6) is 0 Å². The second-order valence-corrected chi connectivity index (χ2v) is 6.06. The van der Waals surface area contributed by atoms with Gasteiger partial charge in [-0.1, -0.05) is 13.3 Å². The Labute approximate surface area is 153 Å². The highest BCUT2D eigenvalue weighted by atomic mass is 19.1. The quantitative estimate of drug-likeness (QED) is 0.522. The number of fused-ring (bicyclic) bond motifs is 1. The van der Waals surface area contributed by atoms with Gasteiger partial charge in [0.05, 0.1) is 12.2 Å². The van der Waals surface area contributed by atoms with Crippen LogP contribution in [0.15, 0.2) is 37.1 Å². The van der Waals surface area contributed by atoms with Crippen molar-refractivity contribution in [2.24, 2.45) is 0 Å². The summed E-state index contributed by atoms with van der Waals surface area (Å²) in [7, 11) is 0. The van der Waals surface area contributed by atoms with Gasteiger partial charge in [-0.2, -0.15) is 0 Å². The summed E-state index contributed by atoms with van der Waals surface area (Å²) in [6, 6.07) is 2.89. The molecule has 0 radical (unpaired) electrons. The van der Waals surface area contributed by atoms with Crippen molar-refractivity contribution in [2.45, 2.75) is 33.0 Å². The first kappa shape index (κ1) is 17.2. The molecule has 4 heterocycles. The highest BCUT2D eigenvalue weighted by Gasteiger charge is 2.17. The predicted octanol–water partition coefficient (Wildman–Crippen LogP) is 2.99. The highest BCUT2D eigenvalue weighted by molar-refractivity contribution is 5.52. The molecule has 4 aromatic heterocycles. The number of halogens is 2. The molecule has 4 aromatic rings. The number of pyridine rings is 1. The van der Waals surface area contributed by atoms with Crippen molar-refractivity contribution in [1.82, 2.24) is 34.1 Å². The Balaban J connectivity index is 1.78. The monoisotopic (exact) mass is 369 g/mol. The Hall–Kier alpha value is -3.23. The number of aromatic nitrogens is 7. The third-order valence-electron chi connectivity index (χ3n) is 4.24. The van der Waals surface area contributed by atoms with Crippen LogP contribution < -0.4 is 0 Å². The van der Waals surface area contributed by atoms with Crippen molar-refractivity contribution in [2.75, 3.05) is 0 Å². The summed E-state index contributed by atoms with van der Waals surface area (Å²) in [6.07, 6.45) is 7.99. The fourth-order valence-electron chi connectivity index (χ4n) is 3.05. The van der Waals surface area contributed by atoms with Crippen molar-refractivity contribution in [3.63, 3.8) is 0 Å². The molecule has 138 valence electrons. The Morgan fingerprint density at radius 1 is 1.15 bits per heavy atom. The zero-order chi connectivity index (χ0) is 18.8. The molecule has 0 N–H and O–H groups in total. The minimum Gasteiger partial charge on any atom is -0.324 e. The van der Waals surface area contributed by atoms with Crippen LogP contribution in [0.25, 0.3) is 17.2 Å². The molecular weight excluding hydrogens is 352 g/mol. The van der Waals surface area contributed by atoms with E-state index < -0.39 is 12.5 Å². The van der Waals surface area contributed by atoms with Gasteiger partial charge in [0.2, 0.25) is 0 Å². The maximum atomic E-state index is 14.1. The molecule has 0 aliphatic rings. The van der Waals surface area contributed by atoms with Crippen LogP contribution in [0.1, 0.15) is 30.4 Å². The van der Waals surface area contributed by atoms with Crippen molar-refractivity contribution in [3.05, 3.63) is 59.9 Å². The first-order valence-corrected chi connectivity index (χ1v) is 8.61. The number of imidazole rings is 1. The van der Waals surface area contributed by atoms with Gasteiger partial charge >= 0.3 is 0 Å². The molecule has 0 aliphatic heterocycles. The molecule has 0 amide bonds. The number of alkyl halides is 1. The van der Waals surface area contributed by atoms with Gasteiger partial charge in [-0.3, -0.25) is 0 Å². The maximum absolute atomic E-state index is 14.1. The summed E-state index contributed by atoms with van der Waals surface area (Å²) in [4.78, 5) is 17.1. The number of hydrogen-bond acceptors (Lipinski definition) is 5. The van der Waals surface area contributed by atoms with Crippen LogP contribution in [0.3, 0.4) is 0 Å². The molecule has 0 saturated heterocycles. The predicted molar refractivity (Wildman–Crippen MR) is 94.1 cm³/mol. The lowest BCUT2D eigenvalue weighted by atomic mass is 10.1. The first-order valence-electron chi connectivity index (χ1n) is 8.61. The summed E-state index contributed by atoms with van der Waals surface area (Å²) in [5.41, 5.74) is 2.44. The molecule has 0 bridgehead atoms. The van der Waals surface area contributed by atoms with Gasteiger partial charge in [-0.25, -0.2) is 33.2 Å². The van der Waals surface area contributed by atoms with Crippen molar-refractivity contribution in [1.29, 1.82) is 0 Å². The van der Waals surface area contributed by atoms with E-state index >= 15 is 0 Å². The van der Waals surface area contributed by atoms with Crippen LogP contribution >= 0.6 is 0 Å². The van der Waals surface area contributed by atoms with Crippen molar-refractivity contribution in [3.8, 4) is 11.5 Å². The second-order valence-electron chi connectivity index (χ2n) is 6.06. The van der Waals surface area contributed by atoms with E-state index in [1.54, 1.807) is 17.0 Å². The molecule has 4 rings (SSSR count). The molecule has 0 atom stereocenters. The topological polar surface area (TPSA) is 73.8 Å². The number of aryl methyl sites for hydroxylation is 1. The molecule has 0 spiro atoms. The maximum Gasteiger partial charge on any atom is 0.182 e. The van der Waals surface area contributed by atoms with Crippen molar-refractivity contribution >= 4 is 5.65 Å². The summed E-state index contributed by atoms with van der Waals surface area (Å²) in [5, 5.41) is 4.08. The van der Waals surface area contributed by atoms with Gasteiger partial charge in [0, 0.05) is 24.2 Å². The Morgan fingerprint density at radius 2 is 2.04 bits per heavy atom. The van der Waals surface area contributed by atoms with E-state index in [0.717, 1.165) is 24.1 Å². The van der Waals surface area contributed by atoms with Crippen LogP contribution in [-0.4, -0.2) is 34.1 Å². The average Bonchev–Trinajstić information content (AvgIpc) is 3.31. The minimum atomic E-state index is -0.729. The van der Waals surface area contributed by atoms with E-state index in [-0.39, 0.29) is 11.5 Å². The molecule has 0 unspecified atom stereocenters. The Bertz CT molecular complexity index is 1090. The molecule has 0 saturated carbocycles. The Kier molecular flexibility index (Phi) is 4.57. The molecule has 0 aromatic carbocycles. The smallest absolute Gasteiger partial charge is 0.182 e. The normalized spacial score (nSPS) is 11.4. The number of rotatable bonds is 6. The number of nitrogens with zero attached hydrogens (tertiary/aromatic N) is 7. The average molecular weight is 369 g/mol. The van der Waals surface area contributed by atoms with Gasteiger partial charge in [-0.15, -0.1) is 5.10 Å². The summed E-state index contributed by atoms with van der Waals surface area (Å²) in [5.74, 6) is 0.112. The Morgan fingerprint density at radius 3 is 2.81 bits per heavy atom. The van der Waals surface area contributed by atoms with E-state index in [4.69, 9.17) is 0 Å². The van der Waals surface area contributed by atoms with Gasteiger partial charge < -0.3 is 4.57 Å². The van der Waals surface area contributed by atoms with E-state index in [0.29, 0.717) is 18.0 Å². The zero-order valence-electron chi connectivity index (χ0n) is 14.7. The van der Waals surface area contributed by atoms with E-state index in [1.165, 1.54) is 29.2 Å². The summed E-state index contributed by atoms with van der Waals surface area (Å²) >= 11 is 0. The van der Waals surface area contributed by atoms with Crippen LogP contribution in [-0.2, 0) is 19.6 Å². The SMILES string of the molecule is CCCc1c(Cn2ccnc2-c2ncccc2F)ncn2nc(CF)nc12. The molecule has 9 heteroatoms. The van der Waals surface area contributed by atoms with E-state index in [9.17, 15) is 8.78 Å². The molecule has 0 fully saturated rings. The summed E-state index contributed by atoms with van der Waals surface area (Å²) in [6.45, 7) is 1.69. The second kappa shape index (κ2) is 7.18. The largest absolute Gasteiger partial charge is 0.324 e. The first-order chi connectivity index (χ1) is 13.2. The zero-order valence-corrected chi connectivity index (χ0v) is 14.7. The number of hydrogen-bond donors (Lipinski definition) is 0. The third-order valence-corrected chi connectivity index (χ3v) is 4.24. The van der Waals surface area contributed by atoms with Gasteiger partial charge in [-0.05, 0) is 18.6 Å². The van der Waals surface area contributed by atoms with Crippen LogP contribution in [0, 0.1) is 5.82 Å². The molecule has 7 nitrogen and oxygen atoms in total. The van der Waals surface area contributed by atoms with Gasteiger partial charge in [0.15, 0.2) is 29.8 Å². The van der Waals surface area contributed by atoms with Crippen LogP contribution in [0.2, 0.25) is 0 Å². The van der Waals surface area contributed by atoms with E-state index in [2.05, 4.69) is 25.0 Å². The van der Waals surface area contributed by atoms with Crippen molar-refractivity contribution < 1.29 is 8.78 Å². The minimum absolute atomic E-state index is 0.130. The highest BCUT2D eigenvalue weighted by Crippen LogP contribution is 2.21. The molecular formula is C18H17F2N7.